The van der Waals surface area contributed by atoms with E-state index in [0.717, 1.165) is 36.3 Å². The van der Waals surface area contributed by atoms with Crippen molar-refractivity contribution in [2.45, 2.75) is 37.0 Å². The van der Waals surface area contributed by atoms with Crippen LogP contribution in [-0.2, 0) is 16.0 Å². The van der Waals surface area contributed by atoms with E-state index < -0.39 is 12.0 Å². The van der Waals surface area contributed by atoms with Crippen LogP contribution in [0.25, 0.3) is 0 Å². The number of carboxylic acid groups (broad SMARTS) is 1. The van der Waals surface area contributed by atoms with E-state index in [1.807, 2.05) is 24.3 Å². The number of carbonyl (C=O) groups is 2. The second kappa shape index (κ2) is 5.48. The number of anilines is 1. The van der Waals surface area contributed by atoms with Gasteiger partial charge in [0.05, 0.1) is 5.25 Å². The normalized spacial score (nSPS) is 25.3. The first-order valence-corrected chi connectivity index (χ1v) is 7.99. The Labute approximate surface area is 122 Å². The van der Waals surface area contributed by atoms with E-state index in [1.54, 1.807) is 11.8 Å². The summed E-state index contributed by atoms with van der Waals surface area (Å²) in [6.45, 7) is 0. The number of benzene rings is 1. The van der Waals surface area contributed by atoms with E-state index in [2.05, 4.69) is 0 Å². The average molecular weight is 291 g/mol. The molecule has 1 N–H and O–H groups in total. The minimum absolute atomic E-state index is 0.0351. The summed E-state index contributed by atoms with van der Waals surface area (Å²) in [5.41, 5.74) is 1.73. The van der Waals surface area contributed by atoms with Crippen LogP contribution in [0.1, 0.15) is 24.8 Å². The molecular formula is C15H17NO3S. The highest BCUT2D eigenvalue weighted by Gasteiger charge is 2.40. The maximum absolute atomic E-state index is 12.7. The quantitative estimate of drug-likeness (QED) is 0.908. The molecule has 1 fully saturated rings. The monoisotopic (exact) mass is 291 g/mol. The number of aliphatic carboxylic acids is 1. The summed E-state index contributed by atoms with van der Waals surface area (Å²) in [7, 11) is 0. The molecule has 0 bridgehead atoms. The van der Waals surface area contributed by atoms with Gasteiger partial charge >= 0.3 is 5.97 Å². The Morgan fingerprint density at radius 2 is 2.05 bits per heavy atom. The van der Waals surface area contributed by atoms with Crippen LogP contribution in [0.3, 0.4) is 0 Å². The van der Waals surface area contributed by atoms with Crippen LogP contribution in [0.2, 0.25) is 0 Å². The Morgan fingerprint density at radius 1 is 1.25 bits per heavy atom. The molecule has 2 aliphatic rings. The van der Waals surface area contributed by atoms with Gasteiger partial charge in [-0.25, -0.2) is 4.79 Å². The zero-order chi connectivity index (χ0) is 14.1. The molecule has 0 radical (unpaired) electrons. The summed E-state index contributed by atoms with van der Waals surface area (Å²) in [5, 5.41) is 9.32. The molecule has 1 unspecified atom stereocenters. The number of fused-ring (bicyclic) bond motifs is 1. The van der Waals surface area contributed by atoms with Crippen molar-refractivity contribution in [3.63, 3.8) is 0 Å². The molecule has 3 rings (SSSR count). The number of hydrogen-bond donors (Lipinski definition) is 1. The lowest BCUT2D eigenvalue weighted by Gasteiger charge is -2.29. The van der Waals surface area contributed by atoms with Gasteiger partial charge < -0.3 is 5.11 Å². The fourth-order valence-electron chi connectivity index (χ4n) is 2.95. The van der Waals surface area contributed by atoms with Crippen LogP contribution in [0, 0.1) is 0 Å². The van der Waals surface area contributed by atoms with Gasteiger partial charge in [-0.3, -0.25) is 9.69 Å². The minimum Gasteiger partial charge on any atom is -0.480 e. The van der Waals surface area contributed by atoms with Crippen LogP contribution in [0.4, 0.5) is 5.69 Å². The highest BCUT2D eigenvalue weighted by Crippen LogP contribution is 2.36. The summed E-state index contributed by atoms with van der Waals surface area (Å²) < 4.78 is 0. The number of carboxylic acids is 1. The first kappa shape index (κ1) is 13.5. The Hall–Kier alpha value is -1.49. The SMILES string of the molecule is O=C(O)[C@@H]1Cc2ccccc2N1C(=O)C1CCCCS1. The van der Waals surface area contributed by atoms with Crippen molar-refractivity contribution in [1.29, 1.82) is 0 Å². The van der Waals surface area contributed by atoms with Crippen LogP contribution < -0.4 is 4.90 Å². The molecule has 0 aromatic heterocycles. The van der Waals surface area contributed by atoms with Crippen molar-refractivity contribution < 1.29 is 14.7 Å². The second-order valence-electron chi connectivity index (χ2n) is 5.25. The van der Waals surface area contributed by atoms with Gasteiger partial charge in [0.15, 0.2) is 0 Å². The number of amides is 1. The van der Waals surface area contributed by atoms with Crippen LogP contribution >= 0.6 is 11.8 Å². The Bertz CT molecular complexity index is 540. The van der Waals surface area contributed by atoms with Crippen molar-refractivity contribution in [3.8, 4) is 0 Å². The number of para-hydroxylation sites is 1. The summed E-state index contributed by atoms with van der Waals surface area (Å²) in [4.78, 5) is 25.7. The summed E-state index contributed by atoms with van der Waals surface area (Å²) >= 11 is 1.66. The predicted molar refractivity (Wildman–Crippen MR) is 79.2 cm³/mol. The van der Waals surface area contributed by atoms with E-state index in [9.17, 15) is 14.7 Å². The highest BCUT2D eigenvalue weighted by molar-refractivity contribution is 8.00. The van der Waals surface area contributed by atoms with Crippen molar-refractivity contribution in [2.75, 3.05) is 10.7 Å². The Kier molecular flexibility index (Phi) is 3.70. The number of carbonyl (C=O) groups excluding carboxylic acids is 1. The molecule has 2 aliphatic heterocycles. The van der Waals surface area contributed by atoms with Crippen molar-refractivity contribution in [1.82, 2.24) is 0 Å². The molecule has 0 spiro atoms. The van der Waals surface area contributed by atoms with E-state index in [0.29, 0.717) is 6.42 Å². The third-order valence-corrected chi connectivity index (χ3v) is 5.32. The van der Waals surface area contributed by atoms with Gasteiger partial charge in [-0.05, 0) is 30.2 Å². The van der Waals surface area contributed by atoms with Gasteiger partial charge in [0.2, 0.25) is 5.91 Å². The van der Waals surface area contributed by atoms with E-state index in [-0.39, 0.29) is 11.2 Å². The molecule has 2 heterocycles. The molecule has 20 heavy (non-hydrogen) atoms. The zero-order valence-corrected chi connectivity index (χ0v) is 11.9. The van der Waals surface area contributed by atoms with Crippen LogP contribution in [0.5, 0.6) is 0 Å². The third kappa shape index (κ3) is 2.30. The molecule has 1 aromatic rings. The lowest BCUT2D eigenvalue weighted by atomic mass is 10.1. The predicted octanol–water partition coefficient (Wildman–Crippen LogP) is 2.31. The highest BCUT2D eigenvalue weighted by atomic mass is 32.2. The van der Waals surface area contributed by atoms with Crippen molar-refractivity contribution in [2.24, 2.45) is 0 Å². The van der Waals surface area contributed by atoms with E-state index in [1.165, 1.54) is 4.90 Å². The van der Waals surface area contributed by atoms with E-state index in [4.69, 9.17) is 0 Å². The summed E-state index contributed by atoms with van der Waals surface area (Å²) in [5.74, 6) is 0.0336. The van der Waals surface area contributed by atoms with Gasteiger partial charge in [-0.2, -0.15) is 0 Å². The Balaban J connectivity index is 1.91. The van der Waals surface area contributed by atoms with Crippen LogP contribution in [-0.4, -0.2) is 34.0 Å². The largest absolute Gasteiger partial charge is 0.480 e. The van der Waals surface area contributed by atoms with E-state index >= 15 is 0 Å². The maximum atomic E-state index is 12.7. The maximum Gasteiger partial charge on any atom is 0.327 e. The van der Waals surface area contributed by atoms with Crippen molar-refractivity contribution in [3.05, 3.63) is 29.8 Å². The third-order valence-electron chi connectivity index (χ3n) is 3.95. The number of nitrogens with zero attached hydrogens (tertiary/aromatic N) is 1. The molecule has 0 aliphatic carbocycles. The molecule has 1 saturated heterocycles. The number of thioether (sulfide) groups is 1. The average Bonchev–Trinajstić information content (AvgIpc) is 2.87. The van der Waals surface area contributed by atoms with Gasteiger partial charge in [-0.1, -0.05) is 24.6 Å². The fourth-order valence-corrected chi connectivity index (χ4v) is 4.19. The van der Waals surface area contributed by atoms with Crippen molar-refractivity contribution >= 4 is 29.3 Å². The summed E-state index contributed by atoms with van der Waals surface area (Å²) in [6, 6.07) is 6.76. The molecule has 2 atom stereocenters. The minimum atomic E-state index is -0.921. The molecule has 4 nitrogen and oxygen atoms in total. The molecule has 1 amide bonds. The lowest BCUT2D eigenvalue weighted by molar-refractivity contribution is -0.139. The Morgan fingerprint density at radius 3 is 2.75 bits per heavy atom. The van der Waals surface area contributed by atoms with Crippen LogP contribution in [0.15, 0.2) is 24.3 Å². The lowest BCUT2D eigenvalue weighted by Crippen LogP contribution is -2.47. The van der Waals surface area contributed by atoms with Gasteiger partial charge in [0.1, 0.15) is 6.04 Å². The number of hydrogen-bond acceptors (Lipinski definition) is 3. The molecule has 1 aromatic carbocycles. The van der Waals surface area contributed by atoms with Gasteiger partial charge in [0.25, 0.3) is 0 Å². The fraction of sp³-hybridized carbons (Fsp3) is 0.467. The standard InChI is InChI=1S/C15H17NO3S/c17-14(13-7-3-4-8-20-13)16-11-6-2-1-5-10(11)9-12(16)15(18)19/h1-2,5-6,12-13H,3-4,7-9H2,(H,18,19)/t12-,13?/m0/s1. The second-order valence-corrected chi connectivity index (χ2v) is 6.56. The number of rotatable bonds is 2. The molecular weight excluding hydrogens is 274 g/mol. The summed E-state index contributed by atoms with van der Waals surface area (Å²) in [6.07, 6.45) is 3.47. The van der Waals surface area contributed by atoms with Gasteiger partial charge in [0, 0.05) is 12.1 Å². The topological polar surface area (TPSA) is 57.6 Å². The molecule has 106 valence electrons. The first-order valence-electron chi connectivity index (χ1n) is 6.94. The smallest absolute Gasteiger partial charge is 0.327 e. The van der Waals surface area contributed by atoms with Gasteiger partial charge in [-0.15, -0.1) is 11.8 Å². The molecule has 5 heteroatoms. The molecule has 0 saturated carbocycles. The zero-order valence-electron chi connectivity index (χ0n) is 11.1. The first-order chi connectivity index (χ1) is 9.68.